The molecule has 1 atom stereocenters. The average Bonchev–Trinajstić information content (AvgIpc) is 2.93. The highest BCUT2D eigenvalue weighted by molar-refractivity contribution is 4.99. The molecule has 0 bridgehead atoms. The molecule has 1 unspecified atom stereocenters. The lowest BCUT2D eigenvalue weighted by atomic mass is 9.98. The van der Waals surface area contributed by atoms with Crippen LogP contribution in [0.4, 0.5) is 0 Å². The van der Waals surface area contributed by atoms with Crippen molar-refractivity contribution < 1.29 is 4.42 Å². The van der Waals surface area contributed by atoms with Crippen LogP contribution >= 0.6 is 0 Å². The van der Waals surface area contributed by atoms with Crippen molar-refractivity contribution in [2.24, 2.45) is 5.92 Å². The molecule has 1 N–H and O–H groups in total. The molecule has 1 heterocycles. The molecule has 84 valence electrons. The molecule has 1 aromatic heterocycles. The fourth-order valence-corrected chi connectivity index (χ4v) is 2.02. The number of furan rings is 1. The van der Waals surface area contributed by atoms with Crippen LogP contribution in [-0.4, -0.2) is 12.6 Å². The van der Waals surface area contributed by atoms with Gasteiger partial charge in [-0.15, -0.1) is 0 Å². The van der Waals surface area contributed by atoms with Crippen LogP contribution in [0, 0.1) is 5.92 Å². The van der Waals surface area contributed by atoms with E-state index >= 15 is 0 Å². The topological polar surface area (TPSA) is 25.2 Å². The van der Waals surface area contributed by atoms with Gasteiger partial charge in [-0.05, 0) is 43.9 Å². The molecular weight excluding hydrogens is 186 g/mol. The van der Waals surface area contributed by atoms with Crippen LogP contribution < -0.4 is 5.32 Å². The molecule has 15 heavy (non-hydrogen) atoms. The summed E-state index contributed by atoms with van der Waals surface area (Å²) in [5.74, 6) is 1.87. The zero-order valence-electron chi connectivity index (χ0n) is 9.54. The molecule has 0 saturated heterocycles. The van der Waals surface area contributed by atoms with Gasteiger partial charge in [0.15, 0.2) is 0 Å². The molecule has 1 fully saturated rings. The zero-order valence-corrected chi connectivity index (χ0v) is 9.54. The summed E-state index contributed by atoms with van der Waals surface area (Å²) >= 11 is 0. The maximum Gasteiger partial charge on any atom is 0.104 e. The Balaban J connectivity index is 1.76. The first kappa shape index (κ1) is 10.7. The predicted molar refractivity (Wildman–Crippen MR) is 61.8 cm³/mol. The van der Waals surface area contributed by atoms with E-state index in [1.54, 1.807) is 6.26 Å². The Morgan fingerprint density at radius 2 is 2.40 bits per heavy atom. The van der Waals surface area contributed by atoms with Gasteiger partial charge in [0.1, 0.15) is 5.76 Å². The predicted octanol–water partition coefficient (Wildman–Crippen LogP) is 2.99. The van der Waals surface area contributed by atoms with Crippen LogP contribution in [0.25, 0.3) is 0 Å². The van der Waals surface area contributed by atoms with Gasteiger partial charge in [-0.3, -0.25) is 0 Å². The minimum Gasteiger partial charge on any atom is -0.469 e. The van der Waals surface area contributed by atoms with Crippen molar-refractivity contribution in [3.8, 4) is 0 Å². The van der Waals surface area contributed by atoms with Crippen molar-refractivity contribution in [3.63, 3.8) is 0 Å². The lowest BCUT2D eigenvalue weighted by Gasteiger charge is -2.15. The lowest BCUT2D eigenvalue weighted by Crippen LogP contribution is -2.25. The Kier molecular flexibility index (Phi) is 3.84. The van der Waals surface area contributed by atoms with Crippen LogP contribution in [0.1, 0.15) is 38.4 Å². The Morgan fingerprint density at radius 3 is 3.00 bits per heavy atom. The molecule has 1 aliphatic rings. The lowest BCUT2D eigenvalue weighted by molar-refractivity contribution is 0.394. The van der Waals surface area contributed by atoms with E-state index in [9.17, 15) is 0 Å². The molecule has 1 saturated carbocycles. The molecule has 0 radical (unpaired) electrons. The molecule has 0 amide bonds. The Morgan fingerprint density at radius 1 is 1.53 bits per heavy atom. The third-order valence-corrected chi connectivity index (χ3v) is 3.04. The highest BCUT2D eigenvalue weighted by Crippen LogP contribution is 2.20. The zero-order chi connectivity index (χ0) is 10.5. The number of hydrogen-bond donors (Lipinski definition) is 1. The van der Waals surface area contributed by atoms with Crippen molar-refractivity contribution >= 4 is 0 Å². The fraction of sp³-hybridized carbons (Fsp3) is 0.692. The molecule has 0 aromatic carbocycles. The monoisotopic (exact) mass is 207 g/mol. The smallest absolute Gasteiger partial charge is 0.104 e. The second-order valence-corrected chi connectivity index (χ2v) is 4.62. The summed E-state index contributed by atoms with van der Waals surface area (Å²) in [5, 5.41) is 3.61. The van der Waals surface area contributed by atoms with E-state index < -0.39 is 0 Å². The number of hydrogen-bond acceptors (Lipinski definition) is 2. The van der Waals surface area contributed by atoms with E-state index in [-0.39, 0.29) is 0 Å². The number of rotatable bonds is 7. The summed E-state index contributed by atoms with van der Waals surface area (Å²) in [6, 6.07) is 4.88. The van der Waals surface area contributed by atoms with Gasteiger partial charge < -0.3 is 9.73 Å². The van der Waals surface area contributed by atoms with Gasteiger partial charge in [0.25, 0.3) is 0 Å². The van der Waals surface area contributed by atoms with Crippen molar-refractivity contribution in [3.05, 3.63) is 24.2 Å². The quantitative estimate of drug-likeness (QED) is 0.743. The SMILES string of the molecule is CCCC(CNC1CC1)Cc1ccco1. The van der Waals surface area contributed by atoms with Gasteiger partial charge in [-0.25, -0.2) is 0 Å². The van der Waals surface area contributed by atoms with E-state index in [1.165, 1.54) is 25.7 Å². The normalized spacial score (nSPS) is 17.9. The van der Waals surface area contributed by atoms with Gasteiger partial charge >= 0.3 is 0 Å². The van der Waals surface area contributed by atoms with Crippen LogP contribution in [-0.2, 0) is 6.42 Å². The van der Waals surface area contributed by atoms with E-state index in [0.717, 1.165) is 30.7 Å². The third-order valence-electron chi connectivity index (χ3n) is 3.04. The summed E-state index contributed by atoms with van der Waals surface area (Å²) in [5.41, 5.74) is 0. The second kappa shape index (κ2) is 5.36. The first-order chi connectivity index (χ1) is 7.38. The molecule has 2 nitrogen and oxygen atoms in total. The van der Waals surface area contributed by atoms with Gasteiger partial charge in [-0.1, -0.05) is 13.3 Å². The van der Waals surface area contributed by atoms with Crippen LogP contribution in [0.3, 0.4) is 0 Å². The largest absolute Gasteiger partial charge is 0.469 e. The van der Waals surface area contributed by atoms with Crippen molar-refractivity contribution in [2.75, 3.05) is 6.54 Å². The molecular formula is C13H21NO. The summed E-state index contributed by atoms with van der Waals surface area (Å²) in [7, 11) is 0. The van der Waals surface area contributed by atoms with Crippen molar-refractivity contribution in [1.29, 1.82) is 0 Å². The van der Waals surface area contributed by atoms with Gasteiger partial charge in [-0.2, -0.15) is 0 Å². The molecule has 2 heteroatoms. The fourth-order valence-electron chi connectivity index (χ4n) is 2.02. The highest BCUT2D eigenvalue weighted by Gasteiger charge is 2.21. The molecule has 0 spiro atoms. The van der Waals surface area contributed by atoms with E-state index in [1.807, 2.05) is 6.07 Å². The maximum atomic E-state index is 5.40. The first-order valence-corrected chi connectivity index (χ1v) is 6.14. The van der Waals surface area contributed by atoms with Crippen molar-refractivity contribution in [1.82, 2.24) is 5.32 Å². The molecule has 0 aliphatic heterocycles. The van der Waals surface area contributed by atoms with Gasteiger partial charge in [0.05, 0.1) is 6.26 Å². The summed E-state index contributed by atoms with van der Waals surface area (Å²) < 4.78 is 5.40. The molecule has 1 aromatic rings. The number of nitrogens with one attached hydrogen (secondary N) is 1. The van der Waals surface area contributed by atoms with E-state index in [2.05, 4.69) is 18.3 Å². The Bertz CT molecular complexity index is 264. The minimum atomic E-state index is 0.738. The van der Waals surface area contributed by atoms with E-state index in [4.69, 9.17) is 4.42 Å². The van der Waals surface area contributed by atoms with Crippen LogP contribution in [0.2, 0.25) is 0 Å². The summed E-state index contributed by atoms with van der Waals surface area (Å²) in [6.45, 7) is 3.41. The van der Waals surface area contributed by atoms with Crippen LogP contribution in [0.15, 0.2) is 22.8 Å². The average molecular weight is 207 g/mol. The Hall–Kier alpha value is -0.760. The molecule has 2 rings (SSSR count). The first-order valence-electron chi connectivity index (χ1n) is 6.14. The van der Waals surface area contributed by atoms with Crippen LogP contribution in [0.5, 0.6) is 0 Å². The third kappa shape index (κ3) is 3.71. The van der Waals surface area contributed by atoms with Gasteiger partial charge in [0.2, 0.25) is 0 Å². The maximum absolute atomic E-state index is 5.40. The van der Waals surface area contributed by atoms with E-state index in [0.29, 0.717) is 0 Å². The Labute approximate surface area is 92.1 Å². The van der Waals surface area contributed by atoms with Gasteiger partial charge in [0, 0.05) is 12.5 Å². The minimum absolute atomic E-state index is 0.738. The standard InChI is InChI=1S/C13H21NO/c1-2-4-11(10-14-12-6-7-12)9-13-5-3-8-15-13/h3,5,8,11-12,14H,2,4,6-7,9-10H2,1H3. The second-order valence-electron chi connectivity index (χ2n) is 4.62. The molecule has 1 aliphatic carbocycles. The highest BCUT2D eigenvalue weighted by atomic mass is 16.3. The van der Waals surface area contributed by atoms with Crippen molar-refractivity contribution in [2.45, 2.75) is 45.1 Å². The summed E-state index contributed by atoms with van der Waals surface area (Å²) in [6.07, 6.45) is 8.16. The summed E-state index contributed by atoms with van der Waals surface area (Å²) in [4.78, 5) is 0.